The van der Waals surface area contributed by atoms with Gasteiger partial charge in [-0.25, -0.2) is 4.98 Å². The van der Waals surface area contributed by atoms with Gasteiger partial charge in [0.2, 0.25) is 0 Å². The summed E-state index contributed by atoms with van der Waals surface area (Å²) >= 11 is 0. The van der Waals surface area contributed by atoms with Gasteiger partial charge in [0, 0.05) is 25.2 Å². The van der Waals surface area contributed by atoms with Crippen molar-refractivity contribution in [2.75, 3.05) is 20.2 Å². The van der Waals surface area contributed by atoms with E-state index in [1.165, 1.54) is 6.39 Å². The van der Waals surface area contributed by atoms with Crippen LogP contribution in [0.5, 0.6) is 5.75 Å². The standard InChI is InChI=1S/C25H27N3O4/c1-31-19-12-10-18(11-13-19)16-26-24(29)22-23(32-17-27-22)20-8-4-5-9-21(20)25(30)28-14-6-2-3-7-15-28/h4-5,8-13,17H,2-3,6-7,14-16H2,1H3,(H,26,29). The molecule has 32 heavy (non-hydrogen) atoms. The first kappa shape index (κ1) is 21.6. The average Bonchev–Trinajstić information content (AvgIpc) is 3.17. The number of nitrogens with zero attached hydrogens (tertiary/aromatic N) is 2. The van der Waals surface area contributed by atoms with Crippen LogP contribution in [0.15, 0.2) is 59.3 Å². The number of nitrogens with one attached hydrogen (secondary N) is 1. The predicted molar refractivity (Wildman–Crippen MR) is 120 cm³/mol. The lowest BCUT2D eigenvalue weighted by molar-refractivity contribution is 0.0761. The monoisotopic (exact) mass is 433 g/mol. The fourth-order valence-electron chi connectivity index (χ4n) is 3.92. The Morgan fingerprint density at radius 3 is 2.47 bits per heavy atom. The summed E-state index contributed by atoms with van der Waals surface area (Å²) in [5, 5.41) is 2.87. The zero-order chi connectivity index (χ0) is 22.3. The van der Waals surface area contributed by atoms with Crippen LogP contribution >= 0.6 is 0 Å². The van der Waals surface area contributed by atoms with Crippen molar-refractivity contribution in [2.24, 2.45) is 0 Å². The Kier molecular flexibility index (Phi) is 6.84. The normalized spacial score (nSPS) is 14.0. The van der Waals surface area contributed by atoms with E-state index in [1.807, 2.05) is 41.3 Å². The van der Waals surface area contributed by atoms with Crippen molar-refractivity contribution >= 4 is 11.8 Å². The first-order chi connectivity index (χ1) is 15.7. The van der Waals surface area contributed by atoms with E-state index < -0.39 is 0 Å². The van der Waals surface area contributed by atoms with Crippen LogP contribution in [-0.4, -0.2) is 41.9 Å². The summed E-state index contributed by atoms with van der Waals surface area (Å²) < 4.78 is 10.8. The molecule has 1 aliphatic heterocycles. The third-order valence-electron chi connectivity index (χ3n) is 5.69. The molecule has 7 nitrogen and oxygen atoms in total. The van der Waals surface area contributed by atoms with Gasteiger partial charge >= 0.3 is 0 Å². The van der Waals surface area contributed by atoms with E-state index in [-0.39, 0.29) is 17.5 Å². The minimum Gasteiger partial charge on any atom is -0.497 e. The highest BCUT2D eigenvalue weighted by Gasteiger charge is 2.25. The Morgan fingerprint density at radius 1 is 1.03 bits per heavy atom. The van der Waals surface area contributed by atoms with E-state index in [0.29, 0.717) is 23.4 Å². The van der Waals surface area contributed by atoms with Gasteiger partial charge in [-0.15, -0.1) is 0 Å². The molecule has 2 amide bonds. The fourth-order valence-corrected chi connectivity index (χ4v) is 3.92. The van der Waals surface area contributed by atoms with Gasteiger partial charge in [-0.1, -0.05) is 43.2 Å². The molecule has 1 N–H and O–H groups in total. The number of ether oxygens (including phenoxy) is 1. The van der Waals surface area contributed by atoms with Gasteiger partial charge in [0.1, 0.15) is 5.75 Å². The SMILES string of the molecule is COc1ccc(CNC(=O)c2ncoc2-c2ccccc2C(=O)N2CCCCCC2)cc1. The van der Waals surface area contributed by atoms with Crippen LogP contribution in [0.25, 0.3) is 11.3 Å². The maximum atomic E-state index is 13.3. The highest BCUT2D eigenvalue weighted by Crippen LogP contribution is 2.28. The Bertz CT molecular complexity index is 1070. The molecule has 0 atom stereocenters. The Hall–Kier alpha value is -3.61. The molecule has 0 radical (unpaired) electrons. The van der Waals surface area contributed by atoms with Crippen LogP contribution in [0.3, 0.4) is 0 Å². The highest BCUT2D eigenvalue weighted by atomic mass is 16.5. The number of hydrogen-bond donors (Lipinski definition) is 1. The van der Waals surface area contributed by atoms with Crippen LogP contribution in [0.1, 0.15) is 52.1 Å². The lowest BCUT2D eigenvalue weighted by atomic mass is 10.0. The zero-order valence-electron chi connectivity index (χ0n) is 18.2. The third kappa shape index (κ3) is 4.82. The van der Waals surface area contributed by atoms with E-state index >= 15 is 0 Å². The van der Waals surface area contributed by atoms with E-state index in [2.05, 4.69) is 10.3 Å². The van der Waals surface area contributed by atoms with Crippen LogP contribution in [-0.2, 0) is 6.54 Å². The molecule has 7 heteroatoms. The number of aromatic nitrogens is 1. The third-order valence-corrected chi connectivity index (χ3v) is 5.69. The lowest BCUT2D eigenvalue weighted by Crippen LogP contribution is -2.32. The number of methoxy groups -OCH3 is 1. The molecule has 2 heterocycles. The molecule has 0 unspecified atom stereocenters. The predicted octanol–water partition coefficient (Wildman–Crippen LogP) is 4.30. The molecule has 2 aromatic carbocycles. The van der Waals surface area contributed by atoms with Crippen molar-refractivity contribution in [3.63, 3.8) is 0 Å². The molecule has 0 spiro atoms. The van der Waals surface area contributed by atoms with E-state index in [1.54, 1.807) is 19.2 Å². The quantitative estimate of drug-likeness (QED) is 0.627. The van der Waals surface area contributed by atoms with Crippen molar-refractivity contribution in [1.82, 2.24) is 15.2 Å². The summed E-state index contributed by atoms with van der Waals surface area (Å²) in [6.45, 7) is 1.83. The Morgan fingerprint density at radius 2 is 1.75 bits per heavy atom. The van der Waals surface area contributed by atoms with Crippen LogP contribution in [0.4, 0.5) is 0 Å². The number of likely N-dealkylation sites (tertiary alicyclic amines) is 1. The first-order valence-electron chi connectivity index (χ1n) is 10.9. The Labute approximate surface area is 187 Å². The average molecular weight is 434 g/mol. The van der Waals surface area contributed by atoms with Gasteiger partial charge in [-0.05, 0) is 36.6 Å². The molecule has 4 rings (SSSR count). The number of amides is 2. The molecule has 1 aromatic heterocycles. The van der Waals surface area contributed by atoms with Crippen LogP contribution in [0, 0.1) is 0 Å². The summed E-state index contributed by atoms with van der Waals surface area (Å²) in [6, 6.07) is 14.7. The minimum absolute atomic E-state index is 0.0384. The molecule has 0 saturated carbocycles. The van der Waals surface area contributed by atoms with Crippen molar-refractivity contribution in [1.29, 1.82) is 0 Å². The molecular formula is C25H27N3O4. The molecule has 0 bridgehead atoms. The number of oxazole rings is 1. The van der Waals surface area contributed by atoms with Crippen molar-refractivity contribution in [3.05, 3.63) is 71.7 Å². The number of rotatable bonds is 6. The summed E-state index contributed by atoms with van der Waals surface area (Å²) in [7, 11) is 1.61. The number of carbonyl (C=O) groups is 2. The maximum absolute atomic E-state index is 13.3. The van der Waals surface area contributed by atoms with Crippen molar-refractivity contribution < 1.29 is 18.7 Å². The molecule has 1 fully saturated rings. The second-order valence-electron chi connectivity index (χ2n) is 7.81. The molecular weight excluding hydrogens is 406 g/mol. The molecule has 3 aromatic rings. The zero-order valence-corrected chi connectivity index (χ0v) is 18.2. The number of hydrogen-bond acceptors (Lipinski definition) is 5. The molecule has 1 saturated heterocycles. The van der Waals surface area contributed by atoms with Crippen LogP contribution < -0.4 is 10.1 Å². The van der Waals surface area contributed by atoms with Gasteiger partial charge in [-0.3, -0.25) is 9.59 Å². The van der Waals surface area contributed by atoms with Crippen molar-refractivity contribution in [2.45, 2.75) is 32.2 Å². The highest BCUT2D eigenvalue weighted by molar-refractivity contribution is 6.04. The maximum Gasteiger partial charge on any atom is 0.274 e. The van der Waals surface area contributed by atoms with Gasteiger partial charge in [0.05, 0.1) is 12.7 Å². The topological polar surface area (TPSA) is 84.7 Å². The lowest BCUT2D eigenvalue weighted by Gasteiger charge is -2.21. The van der Waals surface area contributed by atoms with Gasteiger partial charge in [-0.2, -0.15) is 0 Å². The van der Waals surface area contributed by atoms with Crippen LogP contribution in [0.2, 0.25) is 0 Å². The summed E-state index contributed by atoms with van der Waals surface area (Å²) in [5.74, 6) is 0.658. The second-order valence-corrected chi connectivity index (χ2v) is 7.81. The summed E-state index contributed by atoms with van der Waals surface area (Å²) in [5.41, 5.74) is 2.19. The fraction of sp³-hybridized carbons (Fsp3) is 0.320. The van der Waals surface area contributed by atoms with E-state index in [4.69, 9.17) is 9.15 Å². The summed E-state index contributed by atoms with van der Waals surface area (Å²) in [4.78, 5) is 32.2. The van der Waals surface area contributed by atoms with Gasteiger partial charge in [0.25, 0.3) is 11.8 Å². The van der Waals surface area contributed by atoms with Gasteiger partial charge < -0.3 is 19.4 Å². The Balaban J connectivity index is 1.53. The summed E-state index contributed by atoms with van der Waals surface area (Å²) in [6.07, 6.45) is 5.55. The molecule has 1 aliphatic rings. The van der Waals surface area contributed by atoms with E-state index in [9.17, 15) is 9.59 Å². The van der Waals surface area contributed by atoms with Gasteiger partial charge in [0.15, 0.2) is 17.8 Å². The number of benzene rings is 2. The molecule has 166 valence electrons. The van der Waals surface area contributed by atoms with Crippen molar-refractivity contribution in [3.8, 4) is 17.1 Å². The smallest absolute Gasteiger partial charge is 0.274 e. The largest absolute Gasteiger partial charge is 0.497 e. The van der Waals surface area contributed by atoms with E-state index in [0.717, 1.165) is 50.1 Å². The molecule has 0 aliphatic carbocycles. The number of carbonyl (C=O) groups excluding carboxylic acids is 2. The first-order valence-corrected chi connectivity index (χ1v) is 10.9. The minimum atomic E-state index is -0.360. The second kappa shape index (κ2) is 10.1.